The molecule has 0 radical (unpaired) electrons. The number of piperidine rings is 1. The number of nitrogens with one attached hydrogen (secondary N) is 1. The Bertz CT molecular complexity index is 599. The minimum atomic E-state index is -4.12. The average Bonchev–Trinajstić information content (AvgIpc) is 2.36. The van der Waals surface area contributed by atoms with Crippen LogP contribution in [0.4, 0.5) is 14.5 Å². The molecule has 1 heterocycles. The number of hydrogen-bond donors (Lipinski definition) is 2. The van der Waals surface area contributed by atoms with Crippen LogP contribution < -0.4 is 10.5 Å². The molecule has 1 aliphatic heterocycles. The lowest BCUT2D eigenvalue weighted by Crippen LogP contribution is -2.43. The highest BCUT2D eigenvalue weighted by molar-refractivity contribution is 7.89. The second-order valence-electron chi connectivity index (χ2n) is 5.01. The van der Waals surface area contributed by atoms with Crippen molar-refractivity contribution in [2.24, 2.45) is 0 Å². The van der Waals surface area contributed by atoms with Crippen LogP contribution in [0.5, 0.6) is 0 Å². The molecule has 2 rings (SSSR count). The van der Waals surface area contributed by atoms with Gasteiger partial charge in [0.2, 0.25) is 10.0 Å². The quantitative estimate of drug-likeness (QED) is 0.814. The summed E-state index contributed by atoms with van der Waals surface area (Å²) in [5.41, 5.74) is 5.24. The molecule has 0 amide bonds. The first-order valence-corrected chi connectivity index (χ1v) is 7.73. The van der Waals surface area contributed by atoms with Gasteiger partial charge in [-0.1, -0.05) is 0 Å². The van der Waals surface area contributed by atoms with Crippen molar-refractivity contribution in [2.75, 3.05) is 25.9 Å². The van der Waals surface area contributed by atoms with Crippen molar-refractivity contribution in [2.45, 2.75) is 23.8 Å². The number of benzene rings is 1. The molecule has 1 aromatic carbocycles. The Morgan fingerprint density at radius 1 is 1.30 bits per heavy atom. The molecule has 1 aliphatic rings. The predicted octanol–water partition coefficient (Wildman–Crippen LogP) is 0.919. The van der Waals surface area contributed by atoms with E-state index in [0.29, 0.717) is 12.8 Å². The second kappa shape index (κ2) is 5.63. The summed E-state index contributed by atoms with van der Waals surface area (Å²) in [7, 11) is -2.17. The van der Waals surface area contributed by atoms with Gasteiger partial charge in [0.25, 0.3) is 0 Å². The topological polar surface area (TPSA) is 75.4 Å². The van der Waals surface area contributed by atoms with Crippen LogP contribution in [0.15, 0.2) is 17.0 Å². The largest absolute Gasteiger partial charge is 0.399 e. The van der Waals surface area contributed by atoms with Crippen molar-refractivity contribution in [1.29, 1.82) is 0 Å². The minimum absolute atomic E-state index is 0.132. The highest BCUT2D eigenvalue weighted by Gasteiger charge is 2.27. The summed E-state index contributed by atoms with van der Waals surface area (Å²) >= 11 is 0. The molecule has 0 spiro atoms. The van der Waals surface area contributed by atoms with Gasteiger partial charge in [-0.15, -0.1) is 0 Å². The SMILES string of the molecule is CN1CCC(NS(=O)(=O)c2cc(N)cc(F)c2F)CC1. The van der Waals surface area contributed by atoms with E-state index in [-0.39, 0.29) is 11.7 Å². The third kappa shape index (κ3) is 3.25. The monoisotopic (exact) mass is 305 g/mol. The van der Waals surface area contributed by atoms with Crippen LogP contribution in [-0.2, 0) is 10.0 Å². The summed E-state index contributed by atoms with van der Waals surface area (Å²) in [6.45, 7) is 1.50. The maximum atomic E-state index is 13.6. The van der Waals surface area contributed by atoms with Crippen molar-refractivity contribution in [3.8, 4) is 0 Å². The zero-order chi connectivity index (χ0) is 14.9. The molecule has 112 valence electrons. The van der Waals surface area contributed by atoms with E-state index in [1.165, 1.54) is 0 Å². The normalized spacial score (nSPS) is 18.4. The smallest absolute Gasteiger partial charge is 0.243 e. The Hall–Kier alpha value is -1.25. The number of anilines is 1. The Morgan fingerprint density at radius 3 is 2.50 bits per heavy atom. The first kappa shape index (κ1) is 15.1. The molecule has 0 aliphatic carbocycles. The van der Waals surface area contributed by atoms with E-state index in [1.807, 2.05) is 7.05 Å². The van der Waals surface area contributed by atoms with E-state index >= 15 is 0 Å². The van der Waals surface area contributed by atoms with Crippen molar-refractivity contribution >= 4 is 15.7 Å². The molecule has 8 heteroatoms. The summed E-state index contributed by atoms with van der Waals surface area (Å²) < 4.78 is 53.5. The molecule has 0 saturated carbocycles. The molecule has 5 nitrogen and oxygen atoms in total. The van der Waals surface area contributed by atoms with Crippen molar-refractivity contribution in [3.63, 3.8) is 0 Å². The first-order chi connectivity index (χ1) is 9.29. The summed E-state index contributed by atoms with van der Waals surface area (Å²) in [4.78, 5) is 1.33. The van der Waals surface area contributed by atoms with Crippen LogP contribution in [0.2, 0.25) is 0 Å². The number of likely N-dealkylation sites (tertiary alicyclic amines) is 1. The van der Waals surface area contributed by atoms with E-state index in [9.17, 15) is 17.2 Å². The Morgan fingerprint density at radius 2 is 1.90 bits per heavy atom. The zero-order valence-corrected chi connectivity index (χ0v) is 11.9. The summed E-state index contributed by atoms with van der Waals surface area (Å²) in [6, 6.07) is 1.40. The van der Waals surface area contributed by atoms with Crippen LogP contribution in [0, 0.1) is 11.6 Å². The van der Waals surface area contributed by atoms with Crippen LogP contribution in [0.25, 0.3) is 0 Å². The molecule has 0 aromatic heterocycles. The first-order valence-electron chi connectivity index (χ1n) is 6.25. The predicted molar refractivity (Wildman–Crippen MR) is 71.6 cm³/mol. The molecule has 0 atom stereocenters. The molecule has 1 fully saturated rings. The van der Waals surface area contributed by atoms with Gasteiger partial charge in [0.05, 0.1) is 0 Å². The van der Waals surface area contributed by atoms with Gasteiger partial charge >= 0.3 is 0 Å². The number of sulfonamides is 1. The molecule has 1 saturated heterocycles. The number of nitrogens with zero attached hydrogens (tertiary/aromatic N) is 1. The number of halogens is 2. The van der Waals surface area contributed by atoms with Gasteiger partial charge in [0.15, 0.2) is 11.6 Å². The van der Waals surface area contributed by atoms with Crippen LogP contribution >= 0.6 is 0 Å². The van der Waals surface area contributed by atoms with Gasteiger partial charge in [0, 0.05) is 11.7 Å². The number of hydrogen-bond acceptors (Lipinski definition) is 4. The summed E-state index contributed by atoms with van der Waals surface area (Å²) in [6.07, 6.45) is 1.25. The van der Waals surface area contributed by atoms with E-state index < -0.39 is 26.6 Å². The molecular formula is C12H17F2N3O2S. The van der Waals surface area contributed by atoms with E-state index in [0.717, 1.165) is 25.2 Å². The average molecular weight is 305 g/mol. The summed E-state index contributed by atoms with van der Waals surface area (Å²) in [5.74, 6) is -2.67. The molecule has 0 unspecified atom stereocenters. The standard InChI is InChI=1S/C12H17F2N3O2S/c1-17-4-2-9(3-5-17)16-20(18,19)11-7-8(15)6-10(13)12(11)14/h6-7,9,16H,2-5,15H2,1H3. The third-order valence-electron chi connectivity index (χ3n) is 3.35. The fourth-order valence-corrected chi connectivity index (χ4v) is 3.61. The fourth-order valence-electron chi connectivity index (χ4n) is 2.19. The highest BCUT2D eigenvalue weighted by atomic mass is 32.2. The lowest BCUT2D eigenvalue weighted by atomic mass is 10.1. The Balaban J connectivity index is 2.23. The van der Waals surface area contributed by atoms with E-state index in [2.05, 4.69) is 9.62 Å². The van der Waals surface area contributed by atoms with Gasteiger partial charge in [-0.3, -0.25) is 0 Å². The number of nitrogen functional groups attached to an aromatic ring is 1. The molecule has 1 aromatic rings. The van der Waals surface area contributed by atoms with Gasteiger partial charge in [-0.25, -0.2) is 21.9 Å². The van der Waals surface area contributed by atoms with Crippen LogP contribution in [0.1, 0.15) is 12.8 Å². The lowest BCUT2D eigenvalue weighted by molar-refractivity contribution is 0.248. The second-order valence-corrected chi connectivity index (χ2v) is 6.70. The maximum Gasteiger partial charge on any atom is 0.243 e. The number of rotatable bonds is 3. The summed E-state index contributed by atoms with van der Waals surface area (Å²) in [5, 5.41) is 0. The van der Waals surface area contributed by atoms with Crippen LogP contribution in [-0.4, -0.2) is 39.5 Å². The minimum Gasteiger partial charge on any atom is -0.399 e. The zero-order valence-electron chi connectivity index (χ0n) is 11.1. The fraction of sp³-hybridized carbons (Fsp3) is 0.500. The maximum absolute atomic E-state index is 13.6. The van der Waals surface area contributed by atoms with Crippen molar-refractivity contribution in [3.05, 3.63) is 23.8 Å². The molecule has 20 heavy (non-hydrogen) atoms. The van der Waals surface area contributed by atoms with Gasteiger partial charge in [-0.2, -0.15) is 0 Å². The van der Waals surface area contributed by atoms with E-state index in [4.69, 9.17) is 5.73 Å². The molecule has 3 N–H and O–H groups in total. The molecular weight excluding hydrogens is 288 g/mol. The Labute approximate surface area is 116 Å². The number of nitrogens with two attached hydrogens (primary N) is 1. The van der Waals surface area contributed by atoms with Crippen molar-refractivity contribution in [1.82, 2.24) is 9.62 Å². The third-order valence-corrected chi connectivity index (χ3v) is 4.87. The van der Waals surface area contributed by atoms with Gasteiger partial charge in [-0.05, 0) is 45.1 Å². The van der Waals surface area contributed by atoms with Gasteiger partial charge < -0.3 is 10.6 Å². The van der Waals surface area contributed by atoms with Crippen molar-refractivity contribution < 1.29 is 17.2 Å². The Kier molecular flexibility index (Phi) is 4.26. The highest BCUT2D eigenvalue weighted by Crippen LogP contribution is 2.22. The van der Waals surface area contributed by atoms with Crippen LogP contribution in [0.3, 0.4) is 0 Å². The van der Waals surface area contributed by atoms with E-state index in [1.54, 1.807) is 0 Å². The molecule has 0 bridgehead atoms. The lowest BCUT2D eigenvalue weighted by Gasteiger charge is -2.29. The van der Waals surface area contributed by atoms with Gasteiger partial charge in [0.1, 0.15) is 4.90 Å².